The lowest BCUT2D eigenvalue weighted by Gasteiger charge is -2.62. The second kappa shape index (κ2) is 19.6. The Balaban J connectivity index is 1.23. The molecular formula is C36H48O14. The van der Waals surface area contributed by atoms with Gasteiger partial charge >= 0.3 is 11.9 Å². The summed E-state index contributed by atoms with van der Waals surface area (Å²) in [6, 6.07) is 5.21. The van der Waals surface area contributed by atoms with Crippen molar-refractivity contribution in [3.05, 3.63) is 69.8 Å². The Morgan fingerprint density at radius 1 is 0.560 bits per heavy atom. The number of ether oxygens (including phenoxy) is 10. The van der Waals surface area contributed by atoms with E-state index in [2.05, 4.69) is 0 Å². The van der Waals surface area contributed by atoms with Gasteiger partial charge in [-0.1, -0.05) is 36.4 Å². The molecule has 2 N–H and O–H groups in total. The molecule has 0 amide bonds. The van der Waals surface area contributed by atoms with Crippen LogP contribution in [0.1, 0.15) is 27.9 Å². The van der Waals surface area contributed by atoms with Gasteiger partial charge in [0.2, 0.25) is 0 Å². The van der Waals surface area contributed by atoms with Gasteiger partial charge in [0.05, 0.1) is 129 Å². The average molecular weight is 705 g/mol. The fourth-order valence-corrected chi connectivity index (χ4v) is 6.79. The largest absolute Gasteiger partial charge is 0.478 e. The minimum absolute atomic E-state index is 0.0423. The lowest BCUT2D eigenvalue weighted by molar-refractivity contribution is -0.144. The average Bonchev–Trinajstić information content (AvgIpc) is 3.12. The van der Waals surface area contributed by atoms with Gasteiger partial charge in [-0.05, 0) is 17.6 Å². The summed E-state index contributed by atoms with van der Waals surface area (Å²) in [4.78, 5) is 24.7. The number of carboxylic acids is 2. The zero-order valence-corrected chi connectivity index (χ0v) is 28.4. The van der Waals surface area contributed by atoms with Crippen LogP contribution in [0.25, 0.3) is 0 Å². The molecule has 0 radical (unpaired) electrons. The highest BCUT2D eigenvalue weighted by Gasteiger charge is 2.70. The number of benzene rings is 1. The van der Waals surface area contributed by atoms with Gasteiger partial charge in [-0.2, -0.15) is 0 Å². The maximum Gasteiger partial charge on any atom is 0.336 e. The van der Waals surface area contributed by atoms with Crippen LogP contribution in [0.4, 0.5) is 0 Å². The molecule has 1 aliphatic heterocycles. The monoisotopic (exact) mass is 704 g/mol. The summed E-state index contributed by atoms with van der Waals surface area (Å²) in [5, 5.41) is 20.2. The van der Waals surface area contributed by atoms with E-state index in [-0.39, 0.29) is 44.2 Å². The summed E-state index contributed by atoms with van der Waals surface area (Å²) in [5.41, 5.74) is -0.0983. The topological polar surface area (TPSA) is 167 Å². The Hall–Kier alpha value is -3.02. The van der Waals surface area contributed by atoms with E-state index in [4.69, 9.17) is 47.4 Å². The SMILES string of the molecule is O=C(O)C1=C2C=CC=C1C21OCCOCCOCCOCCOCCCOCCOCCOCCOCCOCC12c1cccc2c1C(=O)O. The number of aromatic carboxylic acids is 1. The molecule has 0 saturated carbocycles. The fraction of sp³-hybridized carbons (Fsp3) is 0.611. The third-order valence-electron chi connectivity index (χ3n) is 8.88. The van der Waals surface area contributed by atoms with Crippen LogP contribution in [0.3, 0.4) is 0 Å². The van der Waals surface area contributed by atoms with Crippen LogP contribution < -0.4 is 0 Å². The molecule has 1 saturated heterocycles. The van der Waals surface area contributed by atoms with Crippen LogP contribution in [0.5, 0.6) is 0 Å². The van der Waals surface area contributed by atoms with Gasteiger partial charge in [0.25, 0.3) is 0 Å². The number of rotatable bonds is 2. The number of hydrogen-bond donors (Lipinski definition) is 2. The first-order chi connectivity index (χ1) is 24.6. The molecule has 2 spiro atoms. The van der Waals surface area contributed by atoms with E-state index in [1.54, 1.807) is 36.4 Å². The molecule has 1 aromatic carbocycles. The van der Waals surface area contributed by atoms with Gasteiger partial charge in [0.15, 0.2) is 0 Å². The number of hydrogen-bond acceptors (Lipinski definition) is 12. The van der Waals surface area contributed by atoms with Crippen molar-refractivity contribution >= 4 is 11.9 Å². The molecule has 1 atom stereocenters. The van der Waals surface area contributed by atoms with E-state index in [1.807, 2.05) is 0 Å². The number of fused-ring (bicyclic) bond motifs is 4. The predicted molar refractivity (Wildman–Crippen MR) is 176 cm³/mol. The van der Waals surface area contributed by atoms with Crippen molar-refractivity contribution in [3.63, 3.8) is 0 Å². The third-order valence-corrected chi connectivity index (χ3v) is 8.88. The summed E-state index contributed by atoms with van der Waals surface area (Å²) < 4.78 is 57.7. The first-order valence-electron chi connectivity index (χ1n) is 17.1. The van der Waals surface area contributed by atoms with Crippen molar-refractivity contribution in [2.45, 2.75) is 12.0 Å². The number of allylic oxidation sites excluding steroid dienone is 3. The summed E-state index contributed by atoms with van der Waals surface area (Å²) in [6.45, 7) is 7.13. The van der Waals surface area contributed by atoms with Crippen molar-refractivity contribution in [2.24, 2.45) is 5.41 Å². The Morgan fingerprint density at radius 2 is 1.00 bits per heavy atom. The van der Waals surface area contributed by atoms with Gasteiger partial charge in [-0.25, -0.2) is 9.59 Å². The quantitative estimate of drug-likeness (QED) is 0.461. The van der Waals surface area contributed by atoms with Crippen molar-refractivity contribution < 1.29 is 67.2 Å². The van der Waals surface area contributed by atoms with Crippen molar-refractivity contribution in [1.29, 1.82) is 0 Å². The van der Waals surface area contributed by atoms with Gasteiger partial charge in [0.1, 0.15) is 5.60 Å². The Morgan fingerprint density at radius 3 is 1.42 bits per heavy atom. The van der Waals surface area contributed by atoms with Crippen molar-refractivity contribution in [3.8, 4) is 0 Å². The second-order valence-corrected chi connectivity index (χ2v) is 11.8. The van der Waals surface area contributed by atoms with Crippen molar-refractivity contribution in [1.82, 2.24) is 0 Å². The van der Waals surface area contributed by atoms with Crippen LogP contribution in [0, 0.1) is 5.41 Å². The Kier molecular flexibility index (Phi) is 14.9. The molecular weight excluding hydrogens is 656 g/mol. The van der Waals surface area contributed by atoms with E-state index in [0.29, 0.717) is 115 Å². The third kappa shape index (κ3) is 8.53. The molecule has 1 fully saturated rings. The van der Waals surface area contributed by atoms with Crippen LogP contribution in [0.2, 0.25) is 0 Å². The van der Waals surface area contributed by atoms with Crippen LogP contribution in [-0.4, -0.2) is 148 Å². The van der Waals surface area contributed by atoms with E-state index in [1.165, 1.54) is 0 Å². The van der Waals surface area contributed by atoms with Gasteiger partial charge in [0, 0.05) is 24.3 Å². The van der Waals surface area contributed by atoms with Crippen LogP contribution >= 0.6 is 0 Å². The normalized spacial score (nSPS) is 25.7. The lowest BCUT2D eigenvalue weighted by atomic mass is 9.44. The molecule has 1 unspecified atom stereocenters. The molecule has 50 heavy (non-hydrogen) atoms. The number of carboxylic acid groups (broad SMARTS) is 2. The maximum absolute atomic E-state index is 12.4. The highest BCUT2D eigenvalue weighted by atomic mass is 16.6. The maximum atomic E-state index is 12.4. The fourth-order valence-electron chi connectivity index (χ4n) is 6.79. The minimum Gasteiger partial charge on any atom is -0.478 e. The summed E-state index contributed by atoms with van der Waals surface area (Å²) >= 11 is 0. The summed E-state index contributed by atoms with van der Waals surface area (Å²) in [5.74, 6) is -2.15. The van der Waals surface area contributed by atoms with E-state index in [9.17, 15) is 19.8 Å². The molecule has 5 rings (SSSR count). The van der Waals surface area contributed by atoms with Gasteiger partial charge in [-0.15, -0.1) is 0 Å². The van der Waals surface area contributed by atoms with E-state index < -0.39 is 23.0 Å². The summed E-state index contributed by atoms with van der Waals surface area (Å²) in [6.07, 6.45) is 6.07. The number of aliphatic carboxylic acids is 1. The van der Waals surface area contributed by atoms with Crippen LogP contribution in [0.15, 0.2) is 53.1 Å². The Bertz CT molecular complexity index is 1350. The second-order valence-electron chi connectivity index (χ2n) is 11.8. The molecule has 276 valence electrons. The zero-order chi connectivity index (χ0) is 35.1. The van der Waals surface area contributed by atoms with Gasteiger partial charge < -0.3 is 57.6 Å². The van der Waals surface area contributed by atoms with E-state index in [0.717, 1.165) is 6.42 Å². The molecule has 14 nitrogen and oxygen atoms in total. The van der Waals surface area contributed by atoms with Gasteiger partial charge in [-0.3, -0.25) is 0 Å². The molecule has 4 bridgehead atoms. The summed E-state index contributed by atoms with van der Waals surface area (Å²) in [7, 11) is 0. The molecule has 1 aromatic rings. The highest BCUT2D eigenvalue weighted by Crippen LogP contribution is 2.70. The van der Waals surface area contributed by atoms with E-state index >= 15 is 0 Å². The predicted octanol–water partition coefficient (Wildman–Crippen LogP) is 2.39. The van der Waals surface area contributed by atoms with Crippen molar-refractivity contribution in [2.75, 3.05) is 126 Å². The molecule has 4 aliphatic rings. The Labute approximate surface area is 291 Å². The lowest BCUT2D eigenvalue weighted by Crippen LogP contribution is -2.63. The number of carbonyl (C=O) groups is 2. The molecule has 0 aromatic heterocycles. The zero-order valence-electron chi connectivity index (χ0n) is 28.4. The standard InChI is InChI=1S/C36H48O14/c37-33(38)31-27-4-1-5-28(31)35(27)26-49-23-22-47-19-18-45-16-14-43-12-10-41-8-3-9-42-11-13-44-15-17-46-20-21-48-24-25-50-36(35)29-6-2-7-30(36)32(29)34(39)40/h1-2,4-7H,3,8-26H2,(H,37,38)(H,39,40). The highest BCUT2D eigenvalue weighted by molar-refractivity contribution is 6.02. The molecule has 1 heterocycles. The molecule has 14 heteroatoms. The first kappa shape index (κ1) is 38.2. The molecule has 3 aliphatic carbocycles. The first-order valence-corrected chi connectivity index (χ1v) is 17.1. The van der Waals surface area contributed by atoms with Crippen LogP contribution in [-0.2, 0) is 57.8 Å². The minimum atomic E-state index is -1.29. The smallest absolute Gasteiger partial charge is 0.336 e.